The maximum atomic E-state index is 5.74. The van der Waals surface area contributed by atoms with Gasteiger partial charge in [0.1, 0.15) is 6.10 Å². The average Bonchev–Trinajstić information content (AvgIpc) is 2.61. The summed E-state index contributed by atoms with van der Waals surface area (Å²) in [4.78, 5) is 4.57. The molecule has 0 N–H and O–H groups in total. The van der Waals surface area contributed by atoms with E-state index in [0.717, 1.165) is 15.9 Å². The van der Waals surface area contributed by atoms with E-state index in [0.29, 0.717) is 6.04 Å². The van der Waals surface area contributed by atoms with Crippen LogP contribution in [0.5, 0.6) is 0 Å². The Morgan fingerprint density at radius 1 is 1.33 bits per heavy atom. The number of nitrogens with zero attached hydrogens (tertiary/aromatic N) is 1. The van der Waals surface area contributed by atoms with Crippen LogP contribution in [0.3, 0.4) is 0 Å². The van der Waals surface area contributed by atoms with Crippen LogP contribution in [0.4, 0.5) is 0 Å². The molecule has 2 nitrogen and oxygen atoms in total. The molecular weight excluding hydrogens is 301 g/mol. The van der Waals surface area contributed by atoms with Crippen molar-refractivity contribution in [3.05, 3.63) is 35.4 Å². The van der Waals surface area contributed by atoms with Crippen molar-refractivity contribution >= 4 is 28.5 Å². The maximum Gasteiger partial charge on any atom is 0.216 e. The predicted molar refractivity (Wildman–Crippen MR) is 70.9 cm³/mol. The van der Waals surface area contributed by atoms with Crippen LogP contribution in [0.1, 0.15) is 18.1 Å². The minimum atomic E-state index is 0.207. The molecule has 0 saturated heterocycles. The molecule has 2 rings (SSSR count). The van der Waals surface area contributed by atoms with E-state index in [2.05, 4.69) is 65.7 Å². The molecule has 0 fully saturated rings. The summed E-state index contributed by atoms with van der Waals surface area (Å²) in [6, 6.07) is 8.61. The van der Waals surface area contributed by atoms with Gasteiger partial charge in [-0.25, -0.2) is 4.99 Å². The lowest BCUT2D eigenvalue weighted by molar-refractivity contribution is 0.221. The number of rotatable bonds is 2. The zero-order valence-electron chi connectivity index (χ0n) is 8.90. The molecule has 0 spiro atoms. The molecule has 1 aliphatic rings. The lowest BCUT2D eigenvalue weighted by Gasteiger charge is -2.09. The quantitative estimate of drug-likeness (QED) is 0.607. The van der Waals surface area contributed by atoms with Crippen molar-refractivity contribution in [1.82, 2.24) is 0 Å². The summed E-state index contributed by atoms with van der Waals surface area (Å²) >= 11 is 2.35. The van der Waals surface area contributed by atoms with Gasteiger partial charge in [0.2, 0.25) is 5.90 Å². The van der Waals surface area contributed by atoms with Gasteiger partial charge in [-0.3, -0.25) is 0 Å². The molecule has 1 aromatic rings. The first kappa shape index (κ1) is 10.9. The smallest absolute Gasteiger partial charge is 0.216 e. The van der Waals surface area contributed by atoms with E-state index in [4.69, 9.17) is 4.74 Å². The van der Waals surface area contributed by atoms with Gasteiger partial charge in [-0.15, -0.1) is 0 Å². The number of alkyl halides is 1. The average molecular weight is 315 g/mol. The molecule has 80 valence electrons. The first-order valence-corrected chi connectivity index (χ1v) is 6.60. The molecule has 3 heteroatoms. The van der Waals surface area contributed by atoms with Gasteiger partial charge in [-0.1, -0.05) is 40.3 Å². The summed E-state index contributed by atoms with van der Waals surface area (Å²) in [6.45, 7) is 4.16. The van der Waals surface area contributed by atoms with Gasteiger partial charge < -0.3 is 4.74 Å². The maximum absolute atomic E-state index is 5.74. The molecule has 0 saturated carbocycles. The SMILES string of the molecule is Cc1ccc(C2=NC(CI)C(C)O2)cc1. The van der Waals surface area contributed by atoms with Crippen molar-refractivity contribution < 1.29 is 4.74 Å². The van der Waals surface area contributed by atoms with Crippen LogP contribution < -0.4 is 0 Å². The van der Waals surface area contributed by atoms with E-state index in [1.807, 2.05) is 0 Å². The monoisotopic (exact) mass is 315 g/mol. The molecule has 2 unspecified atom stereocenters. The fourth-order valence-corrected chi connectivity index (χ4v) is 2.45. The zero-order valence-corrected chi connectivity index (χ0v) is 11.1. The molecule has 0 radical (unpaired) electrons. The summed E-state index contributed by atoms with van der Waals surface area (Å²) in [5.41, 5.74) is 2.34. The Balaban J connectivity index is 2.22. The highest BCUT2D eigenvalue weighted by Gasteiger charge is 2.26. The fourth-order valence-electron chi connectivity index (χ4n) is 1.54. The third-order valence-corrected chi connectivity index (χ3v) is 3.48. The highest BCUT2D eigenvalue weighted by molar-refractivity contribution is 14.1. The summed E-state index contributed by atoms with van der Waals surface area (Å²) in [7, 11) is 0. The Bertz CT molecular complexity index is 372. The van der Waals surface area contributed by atoms with Crippen molar-refractivity contribution in [2.45, 2.75) is 26.0 Å². The molecule has 1 aliphatic heterocycles. The molecule has 1 heterocycles. The van der Waals surface area contributed by atoms with Gasteiger partial charge in [0.15, 0.2) is 0 Å². The van der Waals surface area contributed by atoms with Crippen LogP contribution >= 0.6 is 22.6 Å². The first-order chi connectivity index (χ1) is 7.20. The standard InChI is InChI=1S/C12H14INO/c1-8-3-5-10(6-4-8)12-14-11(7-13)9(2)15-12/h3-6,9,11H,7H2,1-2H3. The van der Waals surface area contributed by atoms with Crippen LogP contribution in [0.2, 0.25) is 0 Å². The first-order valence-electron chi connectivity index (χ1n) is 5.08. The summed E-state index contributed by atoms with van der Waals surface area (Å²) in [6.07, 6.45) is 0.207. The van der Waals surface area contributed by atoms with E-state index in [-0.39, 0.29) is 6.10 Å². The number of aryl methyl sites for hydroxylation is 1. The molecule has 0 amide bonds. The van der Waals surface area contributed by atoms with E-state index < -0.39 is 0 Å². The third-order valence-electron chi connectivity index (χ3n) is 2.58. The van der Waals surface area contributed by atoms with Gasteiger partial charge in [-0.05, 0) is 26.0 Å². The van der Waals surface area contributed by atoms with Gasteiger partial charge in [0, 0.05) is 9.99 Å². The number of ether oxygens (including phenoxy) is 1. The number of hydrogen-bond acceptors (Lipinski definition) is 2. The van der Waals surface area contributed by atoms with Crippen LogP contribution in [0.25, 0.3) is 0 Å². The van der Waals surface area contributed by atoms with Crippen LogP contribution in [-0.2, 0) is 4.74 Å². The highest BCUT2D eigenvalue weighted by Crippen LogP contribution is 2.19. The number of halogens is 1. The number of aliphatic imine (C=N–C) groups is 1. The van der Waals surface area contributed by atoms with Crippen molar-refractivity contribution in [3.8, 4) is 0 Å². The van der Waals surface area contributed by atoms with Crippen molar-refractivity contribution in [3.63, 3.8) is 0 Å². The van der Waals surface area contributed by atoms with E-state index in [1.54, 1.807) is 0 Å². The molecule has 2 atom stereocenters. The van der Waals surface area contributed by atoms with Crippen LogP contribution in [-0.4, -0.2) is 22.5 Å². The highest BCUT2D eigenvalue weighted by atomic mass is 127. The molecule has 0 aromatic heterocycles. The Kier molecular flexibility index (Phi) is 3.29. The molecular formula is C12H14INO. The second-order valence-corrected chi connectivity index (χ2v) is 4.73. The molecule has 0 bridgehead atoms. The Hall–Kier alpha value is -0.580. The van der Waals surface area contributed by atoms with Gasteiger partial charge in [-0.2, -0.15) is 0 Å². The minimum absolute atomic E-state index is 0.207. The van der Waals surface area contributed by atoms with Gasteiger partial charge in [0.25, 0.3) is 0 Å². The summed E-state index contributed by atoms with van der Waals surface area (Å²) < 4.78 is 6.74. The Morgan fingerprint density at radius 3 is 2.53 bits per heavy atom. The number of benzene rings is 1. The number of hydrogen-bond donors (Lipinski definition) is 0. The lowest BCUT2D eigenvalue weighted by atomic mass is 10.1. The third kappa shape index (κ3) is 2.33. The van der Waals surface area contributed by atoms with E-state index in [1.165, 1.54) is 5.56 Å². The second-order valence-electron chi connectivity index (χ2n) is 3.84. The predicted octanol–water partition coefficient (Wildman–Crippen LogP) is 2.96. The zero-order chi connectivity index (χ0) is 10.8. The van der Waals surface area contributed by atoms with Crippen molar-refractivity contribution in [2.75, 3.05) is 4.43 Å². The Labute approximate surface area is 104 Å². The molecule has 0 aliphatic carbocycles. The lowest BCUT2D eigenvalue weighted by Crippen LogP contribution is -2.19. The summed E-state index contributed by atoms with van der Waals surface area (Å²) in [5, 5.41) is 0. The van der Waals surface area contributed by atoms with Crippen molar-refractivity contribution in [1.29, 1.82) is 0 Å². The van der Waals surface area contributed by atoms with Gasteiger partial charge in [0.05, 0.1) is 6.04 Å². The van der Waals surface area contributed by atoms with E-state index >= 15 is 0 Å². The van der Waals surface area contributed by atoms with Gasteiger partial charge >= 0.3 is 0 Å². The molecule has 1 aromatic carbocycles. The largest absolute Gasteiger partial charge is 0.472 e. The normalized spacial score (nSPS) is 24.9. The fraction of sp³-hybridized carbons (Fsp3) is 0.417. The van der Waals surface area contributed by atoms with E-state index in [9.17, 15) is 0 Å². The Morgan fingerprint density at radius 2 is 2.00 bits per heavy atom. The van der Waals surface area contributed by atoms with Crippen molar-refractivity contribution in [2.24, 2.45) is 4.99 Å². The summed E-state index contributed by atoms with van der Waals surface area (Å²) in [5.74, 6) is 0.796. The minimum Gasteiger partial charge on any atom is -0.472 e. The van der Waals surface area contributed by atoms with Crippen LogP contribution in [0.15, 0.2) is 29.3 Å². The van der Waals surface area contributed by atoms with Crippen LogP contribution in [0, 0.1) is 6.92 Å². The molecule has 15 heavy (non-hydrogen) atoms. The topological polar surface area (TPSA) is 21.6 Å². The second kappa shape index (κ2) is 4.51.